The summed E-state index contributed by atoms with van der Waals surface area (Å²) in [4.78, 5) is 10.8. The van der Waals surface area contributed by atoms with Gasteiger partial charge in [0.15, 0.2) is 0 Å². The lowest BCUT2D eigenvalue weighted by Crippen LogP contribution is -2.14. The Bertz CT molecular complexity index is 178. The van der Waals surface area contributed by atoms with Crippen molar-refractivity contribution in [2.24, 2.45) is 0 Å². The van der Waals surface area contributed by atoms with Gasteiger partial charge in [0.05, 0.1) is 0 Å². The first kappa shape index (κ1) is 16.5. The minimum Gasteiger partial charge on any atom is -0.463 e. The molecule has 0 radical (unpaired) electrons. The predicted octanol–water partition coefficient (Wildman–Crippen LogP) is 4.86. The number of carbonyl (C=O) groups excluding carboxylic acids is 1. The van der Waals surface area contributed by atoms with Crippen molar-refractivity contribution >= 4 is 5.97 Å². The van der Waals surface area contributed by atoms with E-state index in [9.17, 15) is 4.79 Å². The molecule has 0 aliphatic rings. The fraction of sp³-hybridized carbons (Fsp3) is 0.933. The minimum atomic E-state index is -0.142. The maximum atomic E-state index is 10.8. The molecule has 0 fully saturated rings. The van der Waals surface area contributed by atoms with Gasteiger partial charge in [-0.05, 0) is 19.3 Å². The molecule has 0 saturated heterocycles. The molecular weight excluding hydrogens is 212 g/mol. The number of rotatable bonds is 11. The molecule has 0 rings (SSSR count). The highest BCUT2D eigenvalue weighted by Gasteiger charge is 2.08. The zero-order valence-corrected chi connectivity index (χ0v) is 12.0. The quantitative estimate of drug-likeness (QED) is 0.382. The lowest BCUT2D eigenvalue weighted by Gasteiger charge is -2.14. The van der Waals surface area contributed by atoms with Crippen molar-refractivity contribution < 1.29 is 9.53 Å². The molecule has 0 spiro atoms. The molecule has 0 bridgehead atoms. The van der Waals surface area contributed by atoms with Crippen molar-refractivity contribution in [1.29, 1.82) is 0 Å². The zero-order chi connectivity index (χ0) is 12.9. The highest BCUT2D eigenvalue weighted by Crippen LogP contribution is 2.13. The van der Waals surface area contributed by atoms with Crippen LogP contribution in [0.5, 0.6) is 0 Å². The van der Waals surface area contributed by atoms with Crippen LogP contribution >= 0.6 is 0 Å². The van der Waals surface area contributed by atoms with Gasteiger partial charge in [-0.1, -0.05) is 58.8 Å². The standard InChI is InChI=1S/C15H30O2/c1-4-6-7-8-9-10-11-12-13-15(5-2)17-14(3)16/h15H,4-13H2,1-3H3/t15-/m1/s1. The van der Waals surface area contributed by atoms with Crippen molar-refractivity contribution in [2.75, 3.05) is 0 Å². The molecule has 0 saturated carbocycles. The Balaban J connectivity index is 3.28. The molecule has 0 aromatic heterocycles. The molecule has 2 heteroatoms. The molecule has 0 amide bonds. The molecule has 0 N–H and O–H groups in total. The first-order valence-electron chi connectivity index (χ1n) is 7.37. The van der Waals surface area contributed by atoms with Crippen molar-refractivity contribution in [1.82, 2.24) is 0 Å². The Morgan fingerprint density at radius 3 is 1.94 bits per heavy atom. The number of hydrogen-bond donors (Lipinski definition) is 0. The normalized spacial score (nSPS) is 12.4. The van der Waals surface area contributed by atoms with E-state index in [4.69, 9.17) is 4.74 Å². The van der Waals surface area contributed by atoms with Crippen LogP contribution in [0.4, 0.5) is 0 Å². The molecule has 102 valence electrons. The van der Waals surface area contributed by atoms with Crippen LogP contribution in [0, 0.1) is 0 Å². The van der Waals surface area contributed by atoms with Crippen LogP contribution in [-0.2, 0) is 9.53 Å². The lowest BCUT2D eigenvalue weighted by molar-refractivity contribution is -0.146. The maximum Gasteiger partial charge on any atom is 0.302 e. The van der Waals surface area contributed by atoms with Crippen LogP contribution in [0.1, 0.15) is 85.0 Å². The van der Waals surface area contributed by atoms with Gasteiger partial charge in [0.1, 0.15) is 6.10 Å². The second-order valence-electron chi connectivity index (χ2n) is 4.90. The molecule has 1 atom stereocenters. The SMILES string of the molecule is CCCCCCCCCC[C@@H](CC)OC(C)=O. The molecule has 17 heavy (non-hydrogen) atoms. The van der Waals surface area contributed by atoms with Crippen molar-refractivity contribution in [3.8, 4) is 0 Å². The Morgan fingerprint density at radius 1 is 0.941 bits per heavy atom. The summed E-state index contributed by atoms with van der Waals surface area (Å²) in [5, 5.41) is 0. The molecule has 2 nitrogen and oxygen atoms in total. The van der Waals surface area contributed by atoms with E-state index < -0.39 is 0 Å². The molecule has 0 aliphatic carbocycles. The summed E-state index contributed by atoms with van der Waals surface area (Å²) in [6.45, 7) is 5.83. The van der Waals surface area contributed by atoms with Gasteiger partial charge in [-0.3, -0.25) is 4.79 Å². The fourth-order valence-electron chi connectivity index (χ4n) is 2.09. The van der Waals surface area contributed by atoms with Gasteiger partial charge < -0.3 is 4.74 Å². The summed E-state index contributed by atoms with van der Waals surface area (Å²) in [6.07, 6.45) is 12.8. The molecule has 0 aliphatic heterocycles. The molecule has 0 aromatic carbocycles. The first-order chi connectivity index (χ1) is 8.20. The average Bonchev–Trinajstić information content (AvgIpc) is 2.30. The number of unbranched alkanes of at least 4 members (excludes halogenated alkanes) is 7. The van der Waals surface area contributed by atoms with Crippen molar-refractivity contribution in [3.63, 3.8) is 0 Å². The average molecular weight is 242 g/mol. The van der Waals surface area contributed by atoms with E-state index in [1.54, 1.807) is 0 Å². The number of esters is 1. The van der Waals surface area contributed by atoms with Crippen LogP contribution in [0.3, 0.4) is 0 Å². The minimum absolute atomic E-state index is 0.142. The van der Waals surface area contributed by atoms with E-state index in [2.05, 4.69) is 13.8 Å². The summed E-state index contributed by atoms with van der Waals surface area (Å²) in [5.41, 5.74) is 0. The van der Waals surface area contributed by atoms with Crippen molar-refractivity contribution in [3.05, 3.63) is 0 Å². The number of ether oxygens (including phenoxy) is 1. The summed E-state index contributed by atoms with van der Waals surface area (Å²) in [5.74, 6) is -0.142. The Labute approximate surface area is 107 Å². The summed E-state index contributed by atoms with van der Waals surface area (Å²) < 4.78 is 5.22. The van der Waals surface area contributed by atoms with E-state index in [0.29, 0.717) is 0 Å². The third-order valence-corrected chi connectivity index (χ3v) is 3.17. The van der Waals surface area contributed by atoms with Crippen LogP contribution in [0.2, 0.25) is 0 Å². The van der Waals surface area contributed by atoms with E-state index in [1.807, 2.05) is 0 Å². The van der Waals surface area contributed by atoms with Gasteiger partial charge >= 0.3 is 5.97 Å². The third-order valence-electron chi connectivity index (χ3n) is 3.17. The molecule has 0 aromatic rings. The highest BCUT2D eigenvalue weighted by atomic mass is 16.5. The number of hydrogen-bond acceptors (Lipinski definition) is 2. The third kappa shape index (κ3) is 11.7. The van der Waals surface area contributed by atoms with Crippen LogP contribution in [0.15, 0.2) is 0 Å². The number of carbonyl (C=O) groups is 1. The zero-order valence-electron chi connectivity index (χ0n) is 12.0. The van der Waals surface area contributed by atoms with Gasteiger partial charge in [0.2, 0.25) is 0 Å². The summed E-state index contributed by atoms with van der Waals surface area (Å²) in [6, 6.07) is 0. The van der Waals surface area contributed by atoms with Crippen LogP contribution in [-0.4, -0.2) is 12.1 Å². The second kappa shape index (κ2) is 11.9. The fourth-order valence-corrected chi connectivity index (χ4v) is 2.09. The second-order valence-corrected chi connectivity index (χ2v) is 4.90. The van der Waals surface area contributed by atoms with Crippen LogP contribution in [0.25, 0.3) is 0 Å². The highest BCUT2D eigenvalue weighted by molar-refractivity contribution is 5.66. The van der Waals surface area contributed by atoms with Gasteiger partial charge in [0, 0.05) is 6.92 Å². The van der Waals surface area contributed by atoms with E-state index >= 15 is 0 Å². The topological polar surface area (TPSA) is 26.3 Å². The van der Waals surface area contributed by atoms with Gasteiger partial charge in [-0.15, -0.1) is 0 Å². The predicted molar refractivity (Wildman–Crippen MR) is 73.1 cm³/mol. The molecule has 0 heterocycles. The summed E-state index contributed by atoms with van der Waals surface area (Å²) in [7, 11) is 0. The first-order valence-corrected chi connectivity index (χ1v) is 7.37. The van der Waals surface area contributed by atoms with Gasteiger partial charge in [-0.25, -0.2) is 0 Å². The van der Waals surface area contributed by atoms with Gasteiger partial charge in [-0.2, -0.15) is 0 Å². The molecule has 0 unspecified atom stereocenters. The van der Waals surface area contributed by atoms with Gasteiger partial charge in [0.25, 0.3) is 0 Å². The van der Waals surface area contributed by atoms with E-state index in [-0.39, 0.29) is 12.1 Å². The Morgan fingerprint density at radius 2 is 1.47 bits per heavy atom. The lowest BCUT2D eigenvalue weighted by atomic mass is 10.0. The van der Waals surface area contributed by atoms with E-state index in [0.717, 1.165) is 12.8 Å². The molecular formula is C15H30O2. The largest absolute Gasteiger partial charge is 0.463 e. The Hall–Kier alpha value is -0.530. The Kier molecular flexibility index (Phi) is 11.6. The summed E-state index contributed by atoms with van der Waals surface area (Å²) >= 11 is 0. The smallest absolute Gasteiger partial charge is 0.302 e. The van der Waals surface area contributed by atoms with Crippen molar-refractivity contribution in [2.45, 2.75) is 91.1 Å². The van der Waals surface area contributed by atoms with E-state index in [1.165, 1.54) is 58.3 Å². The monoisotopic (exact) mass is 242 g/mol. The maximum absolute atomic E-state index is 10.8. The van der Waals surface area contributed by atoms with Crippen LogP contribution < -0.4 is 0 Å².